The maximum atomic E-state index is 12.0. The first kappa shape index (κ1) is 16.1. The Bertz CT molecular complexity index is 755. The Labute approximate surface area is 141 Å². The molecule has 1 fully saturated rings. The lowest BCUT2D eigenvalue weighted by atomic mass is 10.1. The van der Waals surface area contributed by atoms with Gasteiger partial charge in [0.05, 0.1) is 7.11 Å². The van der Waals surface area contributed by atoms with Crippen molar-refractivity contribution in [2.24, 2.45) is 0 Å². The number of aryl methyl sites for hydroxylation is 1. The largest absolute Gasteiger partial charge is 0.497 e. The number of rotatable bonds is 4. The number of methoxy groups -OCH3 is 1. The van der Waals surface area contributed by atoms with Crippen molar-refractivity contribution in [1.29, 1.82) is 0 Å². The fraction of sp³-hybridized carbons (Fsp3) is 0.263. The second-order valence-corrected chi connectivity index (χ2v) is 5.96. The molecule has 1 aliphatic carbocycles. The molecule has 124 valence electrons. The highest BCUT2D eigenvalue weighted by Crippen LogP contribution is 2.41. The first-order valence-electron chi connectivity index (χ1n) is 7.90. The molecule has 2 aromatic rings. The molecule has 0 radical (unpaired) electrons. The van der Waals surface area contributed by atoms with E-state index in [1.54, 1.807) is 13.2 Å². The Morgan fingerprint density at radius 1 is 1.04 bits per heavy atom. The van der Waals surface area contributed by atoms with Gasteiger partial charge in [-0.25, -0.2) is 0 Å². The fourth-order valence-electron chi connectivity index (χ4n) is 2.70. The van der Waals surface area contributed by atoms with E-state index in [9.17, 15) is 9.59 Å². The van der Waals surface area contributed by atoms with Gasteiger partial charge < -0.3 is 15.4 Å². The van der Waals surface area contributed by atoms with Crippen LogP contribution in [-0.4, -0.2) is 25.0 Å². The lowest BCUT2D eigenvalue weighted by molar-refractivity contribution is -0.136. The number of para-hydroxylation sites is 1. The number of hydrogen-bond acceptors (Lipinski definition) is 3. The highest BCUT2D eigenvalue weighted by molar-refractivity contribution is 6.39. The summed E-state index contributed by atoms with van der Waals surface area (Å²) >= 11 is 0. The lowest BCUT2D eigenvalue weighted by Crippen LogP contribution is -2.37. The molecule has 2 N–H and O–H groups in total. The molecular formula is C19H20N2O3. The van der Waals surface area contributed by atoms with Crippen LogP contribution >= 0.6 is 0 Å². The predicted octanol–water partition coefficient (Wildman–Crippen LogP) is 2.61. The molecule has 2 atom stereocenters. The van der Waals surface area contributed by atoms with Gasteiger partial charge >= 0.3 is 11.8 Å². The van der Waals surface area contributed by atoms with Gasteiger partial charge in [-0.1, -0.05) is 30.3 Å². The van der Waals surface area contributed by atoms with Crippen molar-refractivity contribution in [1.82, 2.24) is 5.32 Å². The number of ether oxygens (including phenoxy) is 1. The number of nitrogens with one attached hydrogen (secondary N) is 2. The summed E-state index contributed by atoms with van der Waals surface area (Å²) < 4.78 is 5.14. The van der Waals surface area contributed by atoms with E-state index in [1.807, 2.05) is 49.4 Å². The van der Waals surface area contributed by atoms with Gasteiger partial charge in [0.15, 0.2) is 0 Å². The minimum atomic E-state index is -0.635. The zero-order chi connectivity index (χ0) is 17.1. The molecule has 0 aliphatic heterocycles. The molecule has 5 heteroatoms. The van der Waals surface area contributed by atoms with E-state index in [2.05, 4.69) is 10.6 Å². The van der Waals surface area contributed by atoms with Gasteiger partial charge in [0.25, 0.3) is 0 Å². The highest BCUT2D eigenvalue weighted by atomic mass is 16.5. The molecule has 1 saturated carbocycles. The minimum Gasteiger partial charge on any atom is -0.497 e. The van der Waals surface area contributed by atoms with Crippen LogP contribution in [0.25, 0.3) is 0 Å². The van der Waals surface area contributed by atoms with Crippen molar-refractivity contribution in [3.05, 3.63) is 59.7 Å². The summed E-state index contributed by atoms with van der Waals surface area (Å²) in [5.41, 5.74) is 2.71. The van der Waals surface area contributed by atoms with Crippen LogP contribution in [0, 0.1) is 6.92 Å². The predicted molar refractivity (Wildman–Crippen MR) is 92.1 cm³/mol. The Morgan fingerprint density at radius 3 is 2.42 bits per heavy atom. The third kappa shape index (κ3) is 3.56. The van der Waals surface area contributed by atoms with Crippen molar-refractivity contribution >= 4 is 17.5 Å². The smallest absolute Gasteiger partial charge is 0.313 e. The van der Waals surface area contributed by atoms with Crippen LogP contribution in [0.2, 0.25) is 0 Å². The standard InChI is InChI=1S/C19H20N2O3/c1-12-5-3-4-6-16(12)20-18(22)19(23)21-17-11-15(17)13-7-9-14(24-2)10-8-13/h3-10,15,17H,11H2,1-2H3,(H,20,22)(H,21,23)/t15-,17-/m1/s1. The van der Waals surface area contributed by atoms with Gasteiger partial charge in [0.2, 0.25) is 0 Å². The first-order valence-corrected chi connectivity index (χ1v) is 7.90. The number of carbonyl (C=O) groups is 2. The van der Waals surface area contributed by atoms with E-state index in [-0.39, 0.29) is 12.0 Å². The zero-order valence-electron chi connectivity index (χ0n) is 13.7. The highest BCUT2D eigenvalue weighted by Gasteiger charge is 2.40. The van der Waals surface area contributed by atoms with Crippen LogP contribution in [0.4, 0.5) is 5.69 Å². The average molecular weight is 324 g/mol. The maximum absolute atomic E-state index is 12.0. The van der Waals surface area contributed by atoms with Gasteiger partial charge in [0.1, 0.15) is 5.75 Å². The number of amides is 2. The minimum absolute atomic E-state index is 0.00788. The lowest BCUT2D eigenvalue weighted by Gasteiger charge is -2.08. The molecular weight excluding hydrogens is 304 g/mol. The number of carbonyl (C=O) groups excluding carboxylic acids is 2. The number of benzene rings is 2. The Kier molecular flexibility index (Phi) is 4.51. The summed E-state index contributed by atoms with van der Waals surface area (Å²) in [5.74, 6) is -0.173. The molecule has 0 unspecified atom stereocenters. The summed E-state index contributed by atoms with van der Waals surface area (Å²) in [6.07, 6.45) is 0.843. The second-order valence-electron chi connectivity index (χ2n) is 5.96. The van der Waals surface area contributed by atoms with Crippen molar-refractivity contribution in [3.8, 4) is 5.75 Å². The van der Waals surface area contributed by atoms with Gasteiger partial charge in [-0.15, -0.1) is 0 Å². The molecule has 5 nitrogen and oxygen atoms in total. The second kappa shape index (κ2) is 6.74. The maximum Gasteiger partial charge on any atom is 0.313 e. The monoisotopic (exact) mass is 324 g/mol. The van der Waals surface area contributed by atoms with Crippen LogP contribution in [0.15, 0.2) is 48.5 Å². The third-order valence-electron chi connectivity index (χ3n) is 4.25. The van der Waals surface area contributed by atoms with Crippen LogP contribution < -0.4 is 15.4 Å². The quantitative estimate of drug-likeness (QED) is 0.850. The summed E-state index contributed by atoms with van der Waals surface area (Å²) in [7, 11) is 1.63. The average Bonchev–Trinajstić information content (AvgIpc) is 3.36. The molecule has 1 aliphatic rings. The topological polar surface area (TPSA) is 67.4 Å². The molecule has 0 spiro atoms. The van der Waals surface area contributed by atoms with Gasteiger partial charge in [-0.05, 0) is 42.7 Å². The van der Waals surface area contributed by atoms with E-state index < -0.39 is 11.8 Å². The molecule has 0 aromatic heterocycles. The first-order chi connectivity index (χ1) is 11.6. The van der Waals surface area contributed by atoms with Crippen LogP contribution in [0.3, 0.4) is 0 Å². The molecule has 0 heterocycles. The number of anilines is 1. The zero-order valence-corrected chi connectivity index (χ0v) is 13.7. The fourth-order valence-corrected chi connectivity index (χ4v) is 2.70. The van der Waals surface area contributed by atoms with Crippen LogP contribution in [0.5, 0.6) is 5.75 Å². The van der Waals surface area contributed by atoms with E-state index in [0.29, 0.717) is 5.69 Å². The molecule has 0 saturated heterocycles. The van der Waals surface area contributed by atoms with E-state index in [1.165, 1.54) is 0 Å². The van der Waals surface area contributed by atoms with Gasteiger partial charge in [-0.2, -0.15) is 0 Å². The molecule has 3 rings (SSSR count). The Balaban J connectivity index is 1.54. The van der Waals surface area contributed by atoms with Crippen LogP contribution in [0.1, 0.15) is 23.5 Å². The van der Waals surface area contributed by atoms with E-state index >= 15 is 0 Å². The van der Waals surface area contributed by atoms with Crippen molar-refractivity contribution < 1.29 is 14.3 Å². The normalized spacial score (nSPS) is 18.6. The van der Waals surface area contributed by atoms with Crippen molar-refractivity contribution in [2.75, 3.05) is 12.4 Å². The summed E-state index contributed by atoms with van der Waals surface area (Å²) in [5, 5.41) is 5.43. The summed E-state index contributed by atoms with van der Waals surface area (Å²) in [6.45, 7) is 1.88. The van der Waals surface area contributed by atoms with Crippen molar-refractivity contribution in [3.63, 3.8) is 0 Å². The summed E-state index contributed by atoms with van der Waals surface area (Å²) in [4.78, 5) is 24.1. The van der Waals surface area contributed by atoms with E-state index in [4.69, 9.17) is 4.74 Å². The molecule has 24 heavy (non-hydrogen) atoms. The van der Waals surface area contributed by atoms with Crippen LogP contribution in [-0.2, 0) is 9.59 Å². The SMILES string of the molecule is COc1ccc([C@H]2C[C@H]2NC(=O)C(=O)Nc2ccccc2C)cc1. The molecule has 2 aromatic carbocycles. The Hall–Kier alpha value is -2.82. The van der Waals surface area contributed by atoms with Crippen molar-refractivity contribution in [2.45, 2.75) is 25.3 Å². The molecule has 0 bridgehead atoms. The summed E-state index contributed by atoms with van der Waals surface area (Å²) in [6, 6.07) is 15.1. The number of hydrogen-bond donors (Lipinski definition) is 2. The third-order valence-corrected chi connectivity index (χ3v) is 4.25. The van der Waals surface area contributed by atoms with E-state index in [0.717, 1.165) is 23.3 Å². The Morgan fingerprint density at radius 2 is 1.75 bits per heavy atom. The van der Waals surface area contributed by atoms with Gasteiger partial charge in [0, 0.05) is 17.6 Å². The molecule has 2 amide bonds. The van der Waals surface area contributed by atoms with Gasteiger partial charge in [-0.3, -0.25) is 9.59 Å².